The summed E-state index contributed by atoms with van der Waals surface area (Å²) in [5, 5.41) is 48.1. The number of aromatic carboxylic acids is 1. The molecule has 156 valence electrons. The first-order chi connectivity index (χ1) is 13.8. The Hall–Kier alpha value is -2.69. The molecule has 1 heterocycles. The highest BCUT2D eigenvalue weighted by Gasteiger charge is 2.44. The number of hydrogen-bond acceptors (Lipinski definition) is 8. The first-order valence-electron chi connectivity index (χ1n) is 8.84. The van der Waals surface area contributed by atoms with E-state index in [0.29, 0.717) is 5.75 Å². The lowest BCUT2D eigenvalue weighted by Gasteiger charge is -2.39. The van der Waals surface area contributed by atoms with E-state index in [1.54, 1.807) is 30.3 Å². The van der Waals surface area contributed by atoms with Crippen molar-refractivity contribution in [3.05, 3.63) is 48.0 Å². The summed E-state index contributed by atoms with van der Waals surface area (Å²) in [7, 11) is 1.42. The van der Waals surface area contributed by atoms with Crippen molar-refractivity contribution in [2.24, 2.45) is 0 Å². The minimum absolute atomic E-state index is 0.170. The van der Waals surface area contributed by atoms with Gasteiger partial charge in [0.05, 0.1) is 19.3 Å². The molecule has 5 N–H and O–H groups in total. The fraction of sp³-hybridized carbons (Fsp3) is 0.350. The first-order valence-corrected chi connectivity index (χ1v) is 8.84. The second-order valence-corrected chi connectivity index (χ2v) is 6.56. The molecule has 1 fully saturated rings. The summed E-state index contributed by atoms with van der Waals surface area (Å²) in [4.78, 5) is 11.0. The van der Waals surface area contributed by atoms with Crippen LogP contribution in [0.4, 0.5) is 0 Å². The summed E-state index contributed by atoms with van der Waals surface area (Å²) >= 11 is 0. The van der Waals surface area contributed by atoms with Crippen LogP contribution in [0.25, 0.3) is 11.1 Å². The average molecular weight is 406 g/mol. The van der Waals surface area contributed by atoms with Crippen LogP contribution in [0.15, 0.2) is 42.5 Å². The second kappa shape index (κ2) is 8.76. The Morgan fingerprint density at radius 1 is 0.966 bits per heavy atom. The molecule has 0 bridgehead atoms. The third kappa shape index (κ3) is 4.34. The van der Waals surface area contributed by atoms with Crippen molar-refractivity contribution in [1.29, 1.82) is 0 Å². The van der Waals surface area contributed by atoms with Crippen LogP contribution in [0.2, 0.25) is 0 Å². The van der Waals surface area contributed by atoms with Gasteiger partial charge in [-0.1, -0.05) is 18.2 Å². The van der Waals surface area contributed by atoms with E-state index >= 15 is 0 Å². The molecular weight excluding hydrogens is 384 g/mol. The van der Waals surface area contributed by atoms with E-state index in [-0.39, 0.29) is 11.3 Å². The molecule has 1 aliphatic rings. The van der Waals surface area contributed by atoms with Crippen LogP contribution < -0.4 is 9.47 Å². The molecule has 1 aliphatic heterocycles. The third-order valence-electron chi connectivity index (χ3n) is 4.72. The number of aliphatic hydroxyl groups excluding tert-OH is 4. The van der Waals surface area contributed by atoms with Crippen molar-refractivity contribution < 1.29 is 44.5 Å². The molecule has 0 amide bonds. The van der Waals surface area contributed by atoms with E-state index < -0.39 is 43.3 Å². The van der Waals surface area contributed by atoms with Crippen molar-refractivity contribution >= 4 is 5.97 Å². The van der Waals surface area contributed by atoms with Gasteiger partial charge in [0.25, 0.3) is 0 Å². The van der Waals surface area contributed by atoms with Gasteiger partial charge in [-0.15, -0.1) is 0 Å². The van der Waals surface area contributed by atoms with Gasteiger partial charge in [0.1, 0.15) is 24.4 Å². The molecule has 3 rings (SSSR count). The zero-order valence-corrected chi connectivity index (χ0v) is 15.5. The summed E-state index contributed by atoms with van der Waals surface area (Å²) in [5.41, 5.74) is 1.66. The Kier molecular flexibility index (Phi) is 6.36. The van der Waals surface area contributed by atoms with Crippen LogP contribution in [-0.2, 0) is 4.74 Å². The van der Waals surface area contributed by atoms with Crippen molar-refractivity contribution in [1.82, 2.24) is 0 Å². The number of aliphatic hydroxyl groups is 4. The van der Waals surface area contributed by atoms with Crippen molar-refractivity contribution in [2.75, 3.05) is 13.7 Å². The van der Waals surface area contributed by atoms with Crippen LogP contribution in [0, 0.1) is 0 Å². The van der Waals surface area contributed by atoms with Crippen molar-refractivity contribution in [3.63, 3.8) is 0 Å². The quantitative estimate of drug-likeness (QED) is 0.455. The normalized spacial score (nSPS) is 26.7. The number of carboxylic acids is 1. The van der Waals surface area contributed by atoms with Crippen LogP contribution >= 0.6 is 0 Å². The molecule has 9 heteroatoms. The van der Waals surface area contributed by atoms with E-state index in [1.807, 2.05) is 0 Å². The van der Waals surface area contributed by atoms with Gasteiger partial charge in [0, 0.05) is 0 Å². The van der Waals surface area contributed by atoms with Crippen molar-refractivity contribution in [2.45, 2.75) is 30.7 Å². The van der Waals surface area contributed by atoms with Gasteiger partial charge in [0.2, 0.25) is 6.29 Å². The SMILES string of the molecule is COc1cc(-c2ccc(C(=O)O)cc2)ccc1O[C@H]1O[C@H](CO)[C@@H](O)[C@H](O)[C@@H]1O. The van der Waals surface area contributed by atoms with Gasteiger partial charge in [-0.2, -0.15) is 0 Å². The Balaban J connectivity index is 1.82. The molecule has 0 aliphatic carbocycles. The molecule has 2 aromatic rings. The summed E-state index contributed by atoms with van der Waals surface area (Å²) < 4.78 is 16.3. The minimum Gasteiger partial charge on any atom is -0.493 e. The molecule has 0 radical (unpaired) electrons. The lowest BCUT2D eigenvalue weighted by Crippen LogP contribution is -2.60. The monoisotopic (exact) mass is 406 g/mol. The zero-order chi connectivity index (χ0) is 21.1. The van der Waals surface area contributed by atoms with Crippen LogP contribution in [-0.4, -0.2) is 75.9 Å². The van der Waals surface area contributed by atoms with Gasteiger partial charge in [-0.3, -0.25) is 0 Å². The van der Waals surface area contributed by atoms with Gasteiger partial charge in [0.15, 0.2) is 11.5 Å². The van der Waals surface area contributed by atoms with E-state index in [4.69, 9.17) is 19.3 Å². The third-order valence-corrected chi connectivity index (χ3v) is 4.72. The molecule has 5 atom stereocenters. The van der Waals surface area contributed by atoms with Gasteiger partial charge >= 0.3 is 5.97 Å². The summed E-state index contributed by atoms with van der Waals surface area (Å²) in [6.45, 7) is -0.562. The molecule has 2 aromatic carbocycles. The van der Waals surface area contributed by atoms with E-state index in [9.17, 15) is 25.2 Å². The minimum atomic E-state index is -1.55. The maximum Gasteiger partial charge on any atom is 0.335 e. The van der Waals surface area contributed by atoms with Crippen molar-refractivity contribution in [3.8, 4) is 22.6 Å². The maximum atomic E-state index is 11.0. The molecule has 9 nitrogen and oxygen atoms in total. The highest BCUT2D eigenvalue weighted by molar-refractivity contribution is 5.88. The van der Waals surface area contributed by atoms with Crippen LogP contribution in [0.5, 0.6) is 11.5 Å². The number of hydrogen-bond donors (Lipinski definition) is 5. The fourth-order valence-corrected chi connectivity index (χ4v) is 3.04. The summed E-state index contributed by atoms with van der Waals surface area (Å²) in [6.07, 6.45) is -6.99. The van der Waals surface area contributed by atoms with Gasteiger partial charge in [-0.05, 0) is 35.4 Å². The van der Waals surface area contributed by atoms with Crippen LogP contribution in [0.3, 0.4) is 0 Å². The van der Waals surface area contributed by atoms with E-state index in [2.05, 4.69) is 0 Å². The summed E-state index contributed by atoms with van der Waals surface area (Å²) in [5.74, 6) is -0.498. The Bertz CT molecular complexity index is 850. The number of benzene rings is 2. The Labute approximate surface area is 166 Å². The van der Waals surface area contributed by atoms with E-state index in [1.165, 1.54) is 19.2 Å². The molecule has 0 unspecified atom stereocenters. The maximum absolute atomic E-state index is 11.0. The predicted molar refractivity (Wildman–Crippen MR) is 99.8 cm³/mol. The fourth-order valence-electron chi connectivity index (χ4n) is 3.04. The number of carbonyl (C=O) groups is 1. The average Bonchev–Trinajstić information content (AvgIpc) is 2.74. The second-order valence-electron chi connectivity index (χ2n) is 6.56. The number of ether oxygens (including phenoxy) is 3. The smallest absolute Gasteiger partial charge is 0.335 e. The standard InChI is InChI=1S/C20H22O9/c1-27-14-8-12(10-2-4-11(5-3-10)19(25)26)6-7-13(14)28-20-18(24)17(23)16(22)15(9-21)29-20/h2-8,15-18,20-24H,9H2,1H3,(H,25,26)/t15-,16-,17+,18+,20+/m1/s1. The van der Waals surface area contributed by atoms with Crippen LogP contribution in [0.1, 0.15) is 10.4 Å². The first kappa shape index (κ1) is 21.0. The lowest BCUT2D eigenvalue weighted by molar-refractivity contribution is -0.277. The number of methoxy groups -OCH3 is 1. The predicted octanol–water partition coefficient (Wildman–Crippen LogP) is 0.239. The number of carboxylic acid groups (broad SMARTS) is 1. The summed E-state index contributed by atoms with van der Waals surface area (Å²) in [6, 6.07) is 11.2. The molecule has 1 saturated heterocycles. The molecule has 0 aromatic heterocycles. The molecular formula is C20H22O9. The molecule has 0 spiro atoms. The Morgan fingerprint density at radius 3 is 2.21 bits per heavy atom. The largest absolute Gasteiger partial charge is 0.493 e. The van der Waals surface area contributed by atoms with Gasteiger partial charge < -0.3 is 39.7 Å². The molecule has 29 heavy (non-hydrogen) atoms. The lowest BCUT2D eigenvalue weighted by atomic mass is 9.99. The van der Waals surface area contributed by atoms with E-state index in [0.717, 1.165) is 11.1 Å². The number of rotatable bonds is 6. The zero-order valence-electron chi connectivity index (χ0n) is 15.5. The topological polar surface area (TPSA) is 146 Å². The Morgan fingerprint density at radius 2 is 1.62 bits per heavy atom. The highest BCUT2D eigenvalue weighted by atomic mass is 16.7. The molecule has 0 saturated carbocycles. The highest BCUT2D eigenvalue weighted by Crippen LogP contribution is 2.35. The van der Waals surface area contributed by atoms with Gasteiger partial charge in [-0.25, -0.2) is 4.79 Å².